The molecule has 1 N–H and O–H groups in total. The number of esters is 1. The smallest absolute Gasteiger partial charge is 0.338 e. The van der Waals surface area contributed by atoms with Crippen LogP contribution in [0.25, 0.3) is 0 Å². The lowest BCUT2D eigenvalue weighted by Crippen LogP contribution is -2.07. The summed E-state index contributed by atoms with van der Waals surface area (Å²) in [5.74, 6) is -1.21. The first-order chi connectivity index (χ1) is 11.0. The van der Waals surface area contributed by atoms with E-state index in [1.165, 1.54) is 6.07 Å². The van der Waals surface area contributed by atoms with Crippen LogP contribution in [0.5, 0.6) is 5.75 Å². The molecule has 0 fully saturated rings. The van der Waals surface area contributed by atoms with Gasteiger partial charge in [0.2, 0.25) is 0 Å². The minimum atomic E-state index is -1.07. The van der Waals surface area contributed by atoms with Crippen LogP contribution in [-0.4, -0.2) is 17.0 Å². The van der Waals surface area contributed by atoms with E-state index in [4.69, 9.17) is 9.84 Å². The fourth-order valence-electron chi connectivity index (χ4n) is 1.63. The van der Waals surface area contributed by atoms with Crippen molar-refractivity contribution >= 4 is 23.3 Å². The molecule has 23 heavy (non-hydrogen) atoms. The van der Waals surface area contributed by atoms with Crippen LogP contribution in [0.3, 0.4) is 0 Å². The molecular formula is C17H14N2O4. The van der Waals surface area contributed by atoms with Crippen LogP contribution in [0.4, 0.5) is 11.4 Å². The van der Waals surface area contributed by atoms with Gasteiger partial charge >= 0.3 is 11.9 Å². The molecule has 0 heterocycles. The minimum Gasteiger partial charge on any atom is -0.478 e. The Morgan fingerprint density at radius 1 is 1.04 bits per heavy atom. The van der Waals surface area contributed by atoms with Gasteiger partial charge in [-0.25, -0.2) is 9.59 Å². The van der Waals surface area contributed by atoms with E-state index in [9.17, 15) is 9.59 Å². The number of carbonyl (C=O) groups is 2. The molecule has 116 valence electrons. The van der Waals surface area contributed by atoms with E-state index in [2.05, 4.69) is 16.8 Å². The van der Waals surface area contributed by atoms with Gasteiger partial charge in [-0.3, -0.25) is 0 Å². The number of carbonyl (C=O) groups excluding carboxylic acids is 1. The Morgan fingerprint density at radius 2 is 1.70 bits per heavy atom. The maximum Gasteiger partial charge on any atom is 0.338 e. The normalized spacial score (nSPS) is 10.5. The molecule has 0 bridgehead atoms. The Kier molecular flexibility index (Phi) is 4.99. The van der Waals surface area contributed by atoms with Gasteiger partial charge < -0.3 is 9.84 Å². The van der Waals surface area contributed by atoms with Crippen LogP contribution in [0.2, 0.25) is 0 Å². The van der Waals surface area contributed by atoms with Gasteiger partial charge in [0.15, 0.2) is 0 Å². The van der Waals surface area contributed by atoms with Crippen LogP contribution >= 0.6 is 0 Å². The Morgan fingerprint density at radius 3 is 2.30 bits per heavy atom. The molecule has 2 aromatic rings. The summed E-state index contributed by atoms with van der Waals surface area (Å²) in [6.07, 6.45) is 0. The molecule has 0 spiro atoms. The molecule has 6 nitrogen and oxygen atoms in total. The monoisotopic (exact) mass is 310 g/mol. The quantitative estimate of drug-likeness (QED) is 0.386. The zero-order valence-electron chi connectivity index (χ0n) is 12.4. The van der Waals surface area contributed by atoms with E-state index in [0.717, 1.165) is 0 Å². The van der Waals surface area contributed by atoms with Gasteiger partial charge in [0.1, 0.15) is 11.4 Å². The lowest BCUT2D eigenvalue weighted by Gasteiger charge is -2.03. The van der Waals surface area contributed by atoms with Gasteiger partial charge in [-0.05, 0) is 43.3 Å². The van der Waals surface area contributed by atoms with Crippen LogP contribution in [0, 0.1) is 0 Å². The highest BCUT2D eigenvalue weighted by molar-refractivity contribution is 5.93. The molecule has 2 rings (SSSR count). The van der Waals surface area contributed by atoms with Gasteiger partial charge in [-0.15, -0.1) is 5.11 Å². The topological polar surface area (TPSA) is 88.3 Å². The molecule has 6 heteroatoms. The van der Waals surface area contributed by atoms with Crippen molar-refractivity contribution in [1.29, 1.82) is 0 Å². The standard InChI is InChI=1S/C17H14N2O4/c1-11(2)17(22)23-13-9-7-12(8-10-13)18-19-15-6-4-3-5-14(15)16(20)21/h3-10H,1H2,2H3,(H,20,21). The fraction of sp³-hybridized carbons (Fsp3) is 0.0588. The number of rotatable bonds is 5. The lowest BCUT2D eigenvalue weighted by atomic mass is 10.2. The third-order valence-corrected chi connectivity index (χ3v) is 2.80. The molecular weight excluding hydrogens is 296 g/mol. The van der Waals surface area contributed by atoms with Gasteiger partial charge in [-0.1, -0.05) is 18.7 Å². The second-order valence-corrected chi connectivity index (χ2v) is 4.69. The number of nitrogens with zero attached hydrogens (tertiary/aromatic N) is 2. The second-order valence-electron chi connectivity index (χ2n) is 4.69. The number of benzene rings is 2. The van der Waals surface area contributed by atoms with Crippen molar-refractivity contribution in [3.05, 3.63) is 66.2 Å². The van der Waals surface area contributed by atoms with E-state index in [1.54, 1.807) is 49.4 Å². The summed E-state index contributed by atoms with van der Waals surface area (Å²) in [4.78, 5) is 22.5. The molecule has 0 amide bonds. The van der Waals surface area contributed by atoms with Crippen molar-refractivity contribution in [2.45, 2.75) is 6.92 Å². The van der Waals surface area contributed by atoms with Crippen molar-refractivity contribution in [1.82, 2.24) is 0 Å². The van der Waals surface area contributed by atoms with Gasteiger partial charge in [0.05, 0.1) is 11.3 Å². The first-order valence-electron chi connectivity index (χ1n) is 6.69. The van der Waals surface area contributed by atoms with Gasteiger partial charge in [0, 0.05) is 5.57 Å². The highest BCUT2D eigenvalue weighted by atomic mass is 16.5. The van der Waals surface area contributed by atoms with Crippen LogP contribution in [-0.2, 0) is 4.79 Å². The first-order valence-corrected chi connectivity index (χ1v) is 6.69. The van der Waals surface area contributed by atoms with Crippen molar-refractivity contribution in [3.8, 4) is 5.75 Å². The number of azo groups is 1. The van der Waals surface area contributed by atoms with E-state index in [0.29, 0.717) is 17.0 Å². The summed E-state index contributed by atoms with van der Waals surface area (Å²) in [6, 6.07) is 12.7. The number of hydrogen-bond acceptors (Lipinski definition) is 5. The fourth-order valence-corrected chi connectivity index (χ4v) is 1.63. The summed E-state index contributed by atoms with van der Waals surface area (Å²) in [7, 11) is 0. The van der Waals surface area contributed by atoms with Crippen LogP contribution < -0.4 is 4.74 Å². The van der Waals surface area contributed by atoms with E-state index >= 15 is 0 Å². The summed E-state index contributed by atoms with van der Waals surface area (Å²) >= 11 is 0. The maximum absolute atomic E-state index is 11.4. The Balaban J connectivity index is 2.14. The van der Waals surface area contributed by atoms with Crippen molar-refractivity contribution in [2.75, 3.05) is 0 Å². The maximum atomic E-state index is 11.4. The molecule has 0 atom stereocenters. The molecule has 0 aliphatic rings. The number of hydrogen-bond donors (Lipinski definition) is 1. The van der Waals surface area contributed by atoms with E-state index < -0.39 is 11.9 Å². The number of carboxylic acid groups (broad SMARTS) is 1. The predicted molar refractivity (Wildman–Crippen MR) is 84.5 cm³/mol. The molecule has 0 saturated carbocycles. The van der Waals surface area contributed by atoms with E-state index in [-0.39, 0.29) is 11.3 Å². The zero-order chi connectivity index (χ0) is 16.8. The number of aromatic carboxylic acids is 1. The average molecular weight is 310 g/mol. The SMILES string of the molecule is C=C(C)C(=O)Oc1ccc(N=Nc2ccccc2C(=O)O)cc1. The molecule has 0 aliphatic carbocycles. The Labute approximate surface area is 132 Å². The summed E-state index contributed by atoms with van der Waals surface area (Å²) in [5, 5.41) is 17.0. The van der Waals surface area contributed by atoms with Crippen molar-refractivity contribution in [2.24, 2.45) is 10.2 Å². The molecule has 0 saturated heterocycles. The van der Waals surface area contributed by atoms with Crippen molar-refractivity contribution in [3.63, 3.8) is 0 Å². The summed E-state index contributed by atoms with van der Waals surface area (Å²) in [6.45, 7) is 5.06. The molecule has 0 radical (unpaired) electrons. The Bertz CT molecular complexity index is 779. The number of carboxylic acids is 1. The van der Waals surface area contributed by atoms with Gasteiger partial charge in [0.25, 0.3) is 0 Å². The first kappa shape index (κ1) is 16.1. The highest BCUT2D eigenvalue weighted by Crippen LogP contribution is 2.24. The van der Waals surface area contributed by atoms with Gasteiger partial charge in [-0.2, -0.15) is 5.11 Å². The number of ether oxygens (including phenoxy) is 1. The zero-order valence-corrected chi connectivity index (χ0v) is 12.4. The third kappa shape index (κ3) is 4.34. The van der Waals surface area contributed by atoms with Crippen LogP contribution in [0.1, 0.15) is 17.3 Å². The molecule has 0 aromatic heterocycles. The van der Waals surface area contributed by atoms with Crippen molar-refractivity contribution < 1.29 is 19.4 Å². The predicted octanol–water partition coefficient (Wildman–Crippen LogP) is 4.28. The molecule has 0 unspecified atom stereocenters. The third-order valence-electron chi connectivity index (χ3n) is 2.80. The minimum absolute atomic E-state index is 0.0725. The largest absolute Gasteiger partial charge is 0.478 e. The molecule has 2 aromatic carbocycles. The molecule has 0 aliphatic heterocycles. The second kappa shape index (κ2) is 7.13. The Hall–Kier alpha value is -3.28. The highest BCUT2D eigenvalue weighted by Gasteiger charge is 2.08. The lowest BCUT2D eigenvalue weighted by molar-refractivity contribution is -0.130. The summed E-state index contributed by atoms with van der Waals surface area (Å²) in [5.41, 5.74) is 1.14. The average Bonchev–Trinajstić information content (AvgIpc) is 2.54. The van der Waals surface area contributed by atoms with Crippen LogP contribution in [0.15, 0.2) is 70.9 Å². The summed E-state index contributed by atoms with van der Waals surface area (Å²) < 4.78 is 5.06. The van der Waals surface area contributed by atoms with E-state index in [1.807, 2.05) is 0 Å².